The first kappa shape index (κ1) is 16.0. The van der Waals surface area contributed by atoms with Gasteiger partial charge in [-0.1, -0.05) is 24.3 Å². The number of H-pyrrole nitrogens is 1. The van der Waals surface area contributed by atoms with Gasteiger partial charge in [0.05, 0.1) is 18.9 Å². The molecule has 0 amide bonds. The van der Waals surface area contributed by atoms with Gasteiger partial charge in [-0.3, -0.25) is 10.1 Å². The highest BCUT2D eigenvalue weighted by atomic mass is 16.5. The van der Waals surface area contributed by atoms with Crippen LogP contribution in [0, 0.1) is 6.07 Å². The van der Waals surface area contributed by atoms with Crippen LogP contribution in [0.1, 0.15) is 0 Å². The summed E-state index contributed by atoms with van der Waals surface area (Å²) in [6.45, 7) is 3.10. The second kappa shape index (κ2) is 6.81. The van der Waals surface area contributed by atoms with Gasteiger partial charge in [-0.25, -0.2) is 4.98 Å². The number of benzene rings is 1. The Morgan fingerprint density at radius 2 is 1.89 bits per heavy atom. The van der Waals surface area contributed by atoms with E-state index < -0.39 is 0 Å². The van der Waals surface area contributed by atoms with E-state index in [0.717, 1.165) is 65.5 Å². The van der Waals surface area contributed by atoms with Crippen LogP contribution in [-0.4, -0.2) is 46.5 Å². The number of hydrogen-bond acceptors (Lipinski definition) is 5. The number of nitrogens with zero attached hydrogens (tertiary/aromatic N) is 4. The summed E-state index contributed by atoms with van der Waals surface area (Å²) >= 11 is 0. The highest BCUT2D eigenvalue weighted by Gasteiger charge is 2.18. The molecule has 1 N–H and O–H groups in total. The van der Waals surface area contributed by atoms with Crippen LogP contribution in [0.5, 0.6) is 0 Å². The summed E-state index contributed by atoms with van der Waals surface area (Å²) in [6, 6.07) is 17.2. The number of anilines is 1. The second-order valence-corrected chi connectivity index (χ2v) is 6.44. The van der Waals surface area contributed by atoms with Crippen LogP contribution in [0.4, 0.5) is 5.82 Å². The van der Waals surface area contributed by atoms with E-state index in [1.165, 1.54) is 0 Å². The third kappa shape index (κ3) is 2.94. The predicted molar refractivity (Wildman–Crippen MR) is 104 cm³/mol. The van der Waals surface area contributed by atoms with Crippen molar-refractivity contribution >= 4 is 16.7 Å². The number of nitrogens with one attached hydrogen (secondary N) is 1. The molecule has 1 aromatic carbocycles. The van der Waals surface area contributed by atoms with Crippen molar-refractivity contribution in [2.75, 3.05) is 31.2 Å². The molecule has 1 aliphatic heterocycles. The number of hydrogen-bond donors (Lipinski definition) is 1. The van der Waals surface area contributed by atoms with Crippen molar-refractivity contribution < 1.29 is 4.74 Å². The Morgan fingerprint density at radius 1 is 1.04 bits per heavy atom. The normalized spacial score (nSPS) is 14.6. The zero-order chi connectivity index (χ0) is 18.1. The standard InChI is InChI=1S/C21H18N5O/c1-2-4-15(5-3-1)17-14-19(26-10-12-27-13-11-26)24-20-16(17)6-8-22-21(20)18-7-9-23-25-18/h2-9,14H,10-13H2,(H,23,25). The van der Waals surface area contributed by atoms with Crippen molar-refractivity contribution in [2.45, 2.75) is 0 Å². The van der Waals surface area contributed by atoms with Gasteiger partial charge in [0.2, 0.25) is 0 Å². The molecule has 0 bridgehead atoms. The second-order valence-electron chi connectivity index (χ2n) is 6.44. The Hall–Kier alpha value is -3.25. The van der Waals surface area contributed by atoms with E-state index in [1.54, 1.807) is 6.20 Å². The van der Waals surface area contributed by atoms with Crippen molar-refractivity contribution in [1.29, 1.82) is 0 Å². The van der Waals surface area contributed by atoms with Gasteiger partial charge in [0.15, 0.2) is 0 Å². The quantitative estimate of drug-likeness (QED) is 0.610. The van der Waals surface area contributed by atoms with Crippen LogP contribution in [0.25, 0.3) is 33.4 Å². The Balaban J connectivity index is 1.77. The van der Waals surface area contributed by atoms with Crippen LogP contribution in [0.3, 0.4) is 0 Å². The van der Waals surface area contributed by atoms with Crippen molar-refractivity contribution in [3.63, 3.8) is 0 Å². The first-order chi connectivity index (χ1) is 13.4. The number of aromatic amines is 1. The maximum atomic E-state index is 5.51. The monoisotopic (exact) mass is 356 g/mol. The molecule has 1 aliphatic rings. The highest BCUT2D eigenvalue weighted by molar-refractivity contribution is 6.01. The van der Waals surface area contributed by atoms with E-state index in [2.05, 4.69) is 44.3 Å². The average Bonchev–Trinajstić information content (AvgIpc) is 3.28. The number of fused-ring (bicyclic) bond motifs is 1. The van der Waals surface area contributed by atoms with E-state index in [-0.39, 0.29) is 0 Å². The van der Waals surface area contributed by atoms with E-state index in [1.807, 2.05) is 30.5 Å². The maximum Gasteiger partial charge on any atom is 0.130 e. The molecule has 0 aliphatic carbocycles. The Kier molecular flexibility index (Phi) is 4.03. The first-order valence-electron chi connectivity index (χ1n) is 8.99. The first-order valence-corrected chi connectivity index (χ1v) is 8.99. The fourth-order valence-corrected chi connectivity index (χ4v) is 3.48. The molecule has 3 aromatic heterocycles. The molecular formula is C21H18N5O. The van der Waals surface area contributed by atoms with Crippen molar-refractivity contribution in [3.05, 3.63) is 60.9 Å². The minimum absolute atomic E-state index is 0.718. The van der Waals surface area contributed by atoms with Gasteiger partial charge >= 0.3 is 0 Å². The van der Waals surface area contributed by atoms with Gasteiger partial charge in [0, 0.05) is 30.9 Å². The summed E-state index contributed by atoms with van der Waals surface area (Å²) in [7, 11) is 0. The van der Waals surface area contributed by atoms with E-state index in [9.17, 15) is 0 Å². The summed E-state index contributed by atoms with van der Waals surface area (Å²) in [5, 5.41) is 8.15. The molecule has 1 radical (unpaired) electrons. The molecular weight excluding hydrogens is 338 g/mol. The molecule has 133 valence electrons. The van der Waals surface area contributed by atoms with Gasteiger partial charge in [0.25, 0.3) is 0 Å². The number of rotatable bonds is 3. The SMILES string of the molecule is [c]1ccc(-c2cc(N3CCOCC3)nc3c(-c4ccn[nH]4)nccc23)cc1. The number of ether oxygens (including phenoxy) is 1. The van der Waals surface area contributed by atoms with Gasteiger partial charge in [-0.05, 0) is 35.4 Å². The molecule has 4 aromatic rings. The van der Waals surface area contributed by atoms with Gasteiger partial charge in [0.1, 0.15) is 17.0 Å². The van der Waals surface area contributed by atoms with Crippen molar-refractivity contribution in [3.8, 4) is 22.5 Å². The molecule has 6 nitrogen and oxygen atoms in total. The number of aromatic nitrogens is 4. The Labute approximate surface area is 156 Å². The molecule has 1 fully saturated rings. The largest absolute Gasteiger partial charge is 0.378 e. The average molecular weight is 356 g/mol. The zero-order valence-corrected chi connectivity index (χ0v) is 14.7. The molecule has 0 saturated carbocycles. The van der Waals surface area contributed by atoms with Gasteiger partial charge < -0.3 is 9.64 Å². The minimum Gasteiger partial charge on any atom is -0.378 e. The summed E-state index contributed by atoms with van der Waals surface area (Å²) in [6.07, 6.45) is 3.56. The van der Waals surface area contributed by atoms with Crippen LogP contribution in [-0.2, 0) is 4.74 Å². The maximum absolute atomic E-state index is 5.51. The molecule has 1 saturated heterocycles. The number of morpholine rings is 1. The third-order valence-electron chi connectivity index (χ3n) is 4.83. The minimum atomic E-state index is 0.718. The summed E-state index contributed by atoms with van der Waals surface area (Å²) in [5.41, 5.74) is 4.81. The highest BCUT2D eigenvalue weighted by Crippen LogP contribution is 2.34. The molecule has 5 rings (SSSR count). The van der Waals surface area contributed by atoms with Crippen LogP contribution in [0.15, 0.2) is 54.9 Å². The molecule has 0 atom stereocenters. The smallest absolute Gasteiger partial charge is 0.130 e. The van der Waals surface area contributed by atoms with Gasteiger partial charge in [-0.15, -0.1) is 0 Å². The Morgan fingerprint density at radius 3 is 2.67 bits per heavy atom. The predicted octanol–water partition coefficient (Wildman–Crippen LogP) is 3.32. The lowest BCUT2D eigenvalue weighted by molar-refractivity contribution is 0.122. The summed E-state index contributed by atoms with van der Waals surface area (Å²) in [5.74, 6) is 0.947. The Bertz CT molecular complexity index is 1060. The van der Waals surface area contributed by atoms with Crippen molar-refractivity contribution in [2.24, 2.45) is 0 Å². The molecule has 0 spiro atoms. The summed E-state index contributed by atoms with van der Waals surface area (Å²) < 4.78 is 5.51. The molecule has 0 unspecified atom stereocenters. The van der Waals surface area contributed by atoms with E-state index >= 15 is 0 Å². The lowest BCUT2D eigenvalue weighted by Crippen LogP contribution is -2.36. The topological polar surface area (TPSA) is 66.9 Å². The van der Waals surface area contributed by atoms with Crippen LogP contribution in [0.2, 0.25) is 0 Å². The van der Waals surface area contributed by atoms with Crippen LogP contribution < -0.4 is 4.90 Å². The van der Waals surface area contributed by atoms with Crippen molar-refractivity contribution in [1.82, 2.24) is 20.2 Å². The molecule has 27 heavy (non-hydrogen) atoms. The van der Waals surface area contributed by atoms with E-state index in [0.29, 0.717) is 0 Å². The number of pyridine rings is 2. The molecule has 4 heterocycles. The molecule has 6 heteroatoms. The lowest BCUT2D eigenvalue weighted by atomic mass is 10.0. The van der Waals surface area contributed by atoms with Crippen LogP contribution >= 0.6 is 0 Å². The van der Waals surface area contributed by atoms with E-state index in [4.69, 9.17) is 9.72 Å². The third-order valence-corrected chi connectivity index (χ3v) is 4.83. The fraction of sp³-hybridized carbons (Fsp3) is 0.190. The fourth-order valence-electron chi connectivity index (χ4n) is 3.48. The zero-order valence-electron chi connectivity index (χ0n) is 14.7. The lowest BCUT2D eigenvalue weighted by Gasteiger charge is -2.28. The summed E-state index contributed by atoms with van der Waals surface area (Å²) in [4.78, 5) is 11.8. The van der Waals surface area contributed by atoms with Gasteiger partial charge in [-0.2, -0.15) is 5.10 Å².